The van der Waals surface area contributed by atoms with Gasteiger partial charge < -0.3 is 9.67 Å². The lowest BCUT2D eigenvalue weighted by molar-refractivity contribution is 0.946. The maximum atomic E-state index is 12.4. The van der Waals surface area contributed by atoms with E-state index in [1.807, 2.05) is 50.4 Å². The first-order valence-electron chi connectivity index (χ1n) is 8.25. The Balaban J connectivity index is 2.05. The zero-order valence-electron chi connectivity index (χ0n) is 14.2. The Morgan fingerprint density at radius 2 is 1.44 bits per heavy atom. The average Bonchev–Trinajstić information content (AvgIpc) is 3.15. The van der Waals surface area contributed by atoms with Crippen molar-refractivity contribution in [2.24, 2.45) is 7.05 Å². The van der Waals surface area contributed by atoms with Gasteiger partial charge in [-0.1, -0.05) is 60.7 Å². The molecular weight excluding hydrogens is 310 g/mol. The molecule has 0 aliphatic carbocycles. The van der Waals surface area contributed by atoms with Crippen LogP contribution in [0.3, 0.4) is 0 Å². The molecule has 0 aliphatic rings. The Morgan fingerprint density at radius 1 is 0.840 bits per heavy atom. The second-order valence-electron chi connectivity index (χ2n) is 6.16. The van der Waals surface area contributed by atoms with Gasteiger partial charge in [0.05, 0.1) is 11.3 Å². The molecule has 0 bridgehead atoms. The highest BCUT2D eigenvalue weighted by atomic mass is 16.1. The van der Waals surface area contributed by atoms with E-state index in [2.05, 4.69) is 45.1 Å². The SMILES string of the molecule is Cc1[nH][nH]c(=O)c1-c1cc(-c2ccccc2)n(C)c1-c1ccccc1. The van der Waals surface area contributed by atoms with Crippen LogP contribution in [0.25, 0.3) is 33.6 Å². The molecule has 25 heavy (non-hydrogen) atoms. The summed E-state index contributed by atoms with van der Waals surface area (Å²) in [6.45, 7) is 1.91. The number of benzene rings is 2. The number of aromatic amines is 2. The molecule has 2 heterocycles. The molecule has 0 fully saturated rings. The number of aryl methyl sites for hydroxylation is 1. The van der Waals surface area contributed by atoms with Crippen LogP contribution >= 0.6 is 0 Å². The normalized spacial score (nSPS) is 11.0. The predicted octanol–water partition coefficient (Wildman–Crippen LogP) is 4.35. The molecule has 0 atom stereocenters. The molecule has 0 unspecified atom stereocenters. The Labute approximate surface area is 145 Å². The fourth-order valence-corrected chi connectivity index (χ4v) is 3.39. The molecule has 0 saturated heterocycles. The standard InChI is InChI=1S/C21H19N3O/c1-14-19(21(25)23-22-14)17-13-18(15-9-5-3-6-10-15)24(2)20(17)16-11-7-4-8-12-16/h3-13H,1-2H3,(H2,22,23,25). The van der Waals surface area contributed by atoms with E-state index in [9.17, 15) is 4.79 Å². The van der Waals surface area contributed by atoms with E-state index in [0.717, 1.165) is 33.8 Å². The van der Waals surface area contributed by atoms with Crippen LogP contribution < -0.4 is 5.56 Å². The van der Waals surface area contributed by atoms with E-state index >= 15 is 0 Å². The highest BCUT2D eigenvalue weighted by Gasteiger charge is 2.20. The fourth-order valence-electron chi connectivity index (χ4n) is 3.39. The summed E-state index contributed by atoms with van der Waals surface area (Å²) in [5, 5.41) is 5.63. The van der Waals surface area contributed by atoms with E-state index in [1.165, 1.54) is 0 Å². The average molecular weight is 329 g/mol. The van der Waals surface area contributed by atoms with Crippen LogP contribution in [-0.4, -0.2) is 14.8 Å². The molecule has 0 spiro atoms. The summed E-state index contributed by atoms with van der Waals surface area (Å²) >= 11 is 0. The number of aromatic nitrogens is 3. The van der Waals surface area contributed by atoms with Gasteiger partial charge in [-0.05, 0) is 24.1 Å². The van der Waals surface area contributed by atoms with Crippen molar-refractivity contribution in [3.05, 3.63) is 82.8 Å². The lowest BCUT2D eigenvalue weighted by Gasteiger charge is -2.09. The lowest BCUT2D eigenvalue weighted by Crippen LogP contribution is -2.03. The zero-order valence-corrected chi connectivity index (χ0v) is 14.2. The number of hydrogen-bond donors (Lipinski definition) is 2. The van der Waals surface area contributed by atoms with Gasteiger partial charge in [0.1, 0.15) is 0 Å². The summed E-state index contributed by atoms with van der Waals surface area (Å²) in [6, 6.07) is 22.5. The quantitative estimate of drug-likeness (QED) is 0.577. The third-order valence-corrected chi connectivity index (χ3v) is 4.58. The van der Waals surface area contributed by atoms with E-state index in [4.69, 9.17) is 0 Å². The van der Waals surface area contributed by atoms with Crippen molar-refractivity contribution in [3.8, 4) is 33.6 Å². The van der Waals surface area contributed by atoms with Gasteiger partial charge >= 0.3 is 0 Å². The van der Waals surface area contributed by atoms with Crippen molar-refractivity contribution in [1.29, 1.82) is 0 Å². The minimum atomic E-state index is -0.0973. The third kappa shape index (κ3) is 2.52. The van der Waals surface area contributed by atoms with E-state index in [0.29, 0.717) is 5.56 Å². The summed E-state index contributed by atoms with van der Waals surface area (Å²) in [5.74, 6) is 0. The Bertz CT molecular complexity index is 1070. The monoisotopic (exact) mass is 329 g/mol. The van der Waals surface area contributed by atoms with Crippen LogP contribution in [0.1, 0.15) is 5.69 Å². The summed E-state index contributed by atoms with van der Waals surface area (Å²) in [6.07, 6.45) is 0. The highest BCUT2D eigenvalue weighted by molar-refractivity contribution is 5.87. The minimum Gasteiger partial charge on any atom is -0.343 e. The highest BCUT2D eigenvalue weighted by Crippen LogP contribution is 2.37. The van der Waals surface area contributed by atoms with Crippen LogP contribution in [0.2, 0.25) is 0 Å². The molecule has 0 aliphatic heterocycles. The maximum Gasteiger partial charge on any atom is 0.272 e. The Morgan fingerprint density at radius 3 is 2.00 bits per heavy atom. The Hall–Kier alpha value is -3.27. The van der Waals surface area contributed by atoms with Crippen LogP contribution in [-0.2, 0) is 7.05 Å². The van der Waals surface area contributed by atoms with E-state index < -0.39 is 0 Å². The lowest BCUT2D eigenvalue weighted by atomic mass is 10.0. The van der Waals surface area contributed by atoms with Crippen LogP contribution in [0, 0.1) is 6.92 Å². The fraction of sp³-hybridized carbons (Fsp3) is 0.0952. The smallest absolute Gasteiger partial charge is 0.272 e. The first-order valence-corrected chi connectivity index (χ1v) is 8.25. The molecular formula is C21H19N3O. The molecule has 4 heteroatoms. The van der Waals surface area contributed by atoms with E-state index in [-0.39, 0.29) is 5.56 Å². The third-order valence-electron chi connectivity index (χ3n) is 4.58. The maximum absolute atomic E-state index is 12.4. The summed E-state index contributed by atoms with van der Waals surface area (Å²) in [7, 11) is 2.05. The van der Waals surface area contributed by atoms with Crippen molar-refractivity contribution in [2.45, 2.75) is 6.92 Å². The first kappa shape index (κ1) is 15.3. The minimum absolute atomic E-state index is 0.0973. The van der Waals surface area contributed by atoms with Crippen LogP contribution in [0.5, 0.6) is 0 Å². The molecule has 4 rings (SSSR count). The molecule has 0 saturated carbocycles. The van der Waals surface area contributed by atoms with Gasteiger partial charge in [-0.3, -0.25) is 9.89 Å². The van der Waals surface area contributed by atoms with Crippen molar-refractivity contribution in [1.82, 2.24) is 14.8 Å². The van der Waals surface area contributed by atoms with E-state index in [1.54, 1.807) is 0 Å². The second-order valence-corrected chi connectivity index (χ2v) is 6.16. The van der Waals surface area contributed by atoms with Gasteiger partial charge in [0.25, 0.3) is 5.56 Å². The molecule has 0 amide bonds. The van der Waals surface area contributed by atoms with Gasteiger partial charge in [-0.25, -0.2) is 0 Å². The number of H-pyrrole nitrogens is 2. The van der Waals surface area contributed by atoms with Crippen molar-refractivity contribution >= 4 is 0 Å². The van der Waals surface area contributed by atoms with Gasteiger partial charge in [0, 0.05) is 24.0 Å². The first-order chi connectivity index (χ1) is 12.2. The summed E-state index contributed by atoms with van der Waals surface area (Å²) in [5.41, 5.74) is 6.69. The van der Waals surface area contributed by atoms with Gasteiger partial charge in [-0.15, -0.1) is 0 Å². The van der Waals surface area contributed by atoms with Gasteiger partial charge in [0.15, 0.2) is 0 Å². The van der Waals surface area contributed by atoms with Crippen LogP contribution in [0.4, 0.5) is 0 Å². The van der Waals surface area contributed by atoms with Gasteiger partial charge in [-0.2, -0.15) is 0 Å². The zero-order chi connectivity index (χ0) is 17.4. The largest absolute Gasteiger partial charge is 0.343 e. The molecule has 124 valence electrons. The topological polar surface area (TPSA) is 53.6 Å². The molecule has 4 aromatic rings. The second kappa shape index (κ2) is 5.98. The summed E-state index contributed by atoms with van der Waals surface area (Å²) < 4.78 is 2.16. The number of rotatable bonds is 3. The number of nitrogens with one attached hydrogen (secondary N) is 2. The molecule has 2 aromatic carbocycles. The molecule has 4 nitrogen and oxygen atoms in total. The van der Waals surface area contributed by atoms with Gasteiger partial charge in [0.2, 0.25) is 0 Å². The van der Waals surface area contributed by atoms with Crippen molar-refractivity contribution in [2.75, 3.05) is 0 Å². The number of hydrogen-bond acceptors (Lipinski definition) is 1. The number of nitrogens with zero attached hydrogens (tertiary/aromatic N) is 1. The Kier molecular flexibility index (Phi) is 3.65. The predicted molar refractivity (Wildman–Crippen MR) is 101 cm³/mol. The molecule has 0 radical (unpaired) electrons. The molecule has 2 N–H and O–H groups in total. The van der Waals surface area contributed by atoms with Crippen molar-refractivity contribution < 1.29 is 0 Å². The van der Waals surface area contributed by atoms with Crippen molar-refractivity contribution in [3.63, 3.8) is 0 Å². The van der Waals surface area contributed by atoms with Crippen LogP contribution in [0.15, 0.2) is 71.5 Å². The molecule has 2 aromatic heterocycles. The summed E-state index contributed by atoms with van der Waals surface area (Å²) in [4.78, 5) is 12.4.